The molecule has 5 nitrogen and oxygen atoms in total. The lowest BCUT2D eigenvalue weighted by Crippen LogP contribution is -2.12. The number of hydrogen-bond acceptors (Lipinski definition) is 5. The number of aryl methyl sites for hydroxylation is 3. The van der Waals surface area contributed by atoms with Crippen molar-refractivity contribution in [3.8, 4) is 11.1 Å². The smallest absolute Gasteiger partial charge is 0.303 e. The van der Waals surface area contributed by atoms with E-state index in [-0.39, 0.29) is 12.8 Å². The van der Waals surface area contributed by atoms with Gasteiger partial charge in [0.15, 0.2) is 0 Å². The van der Waals surface area contributed by atoms with Crippen LogP contribution in [0.2, 0.25) is 0 Å². The molecular weight excluding hydrogens is 426 g/mol. The Balaban J connectivity index is 1.92. The number of benzene rings is 1. The normalized spacial score (nSPS) is 11.9. The highest BCUT2D eigenvalue weighted by Gasteiger charge is 2.25. The summed E-state index contributed by atoms with van der Waals surface area (Å²) in [7, 11) is -3.78. The number of carboxylic acids is 1. The Morgan fingerprint density at radius 3 is 2.55 bits per heavy atom. The first kappa shape index (κ1) is 19.9. The van der Waals surface area contributed by atoms with Crippen LogP contribution >= 0.6 is 22.7 Å². The summed E-state index contributed by atoms with van der Waals surface area (Å²) in [4.78, 5) is 13.1. The highest BCUT2D eigenvalue weighted by Crippen LogP contribution is 2.34. The molecule has 0 aliphatic heterocycles. The van der Waals surface area contributed by atoms with Gasteiger partial charge in [-0.1, -0.05) is 6.07 Å². The Bertz CT molecular complexity index is 1310. The first-order valence-electron chi connectivity index (χ1n) is 8.98. The quantitative estimate of drug-likeness (QED) is 0.437. The molecule has 0 radical (unpaired) electrons. The minimum absolute atomic E-state index is 0.0571. The SMILES string of the molecule is Cc1cc(S(=O)(=O)n2cc(CCC(=O)O)c3cc(-c4ccsc4)ccc32)c(C)s1. The molecule has 3 heterocycles. The fraction of sp³-hybridized carbons (Fsp3) is 0.190. The van der Waals surface area contributed by atoms with Crippen LogP contribution in [0.4, 0.5) is 0 Å². The molecule has 1 N–H and O–H groups in total. The Labute approximate surface area is 176 Å². The van der Waals surface area contributed by atoms with Crippen molar-refractivity contribution in [3.05, 3.63) is 62.6 Å². The van der Waals surface area contributed by atoms with E-state index in [1.807, 2.05) is 35.9 Å². The van der Waals surface area contributed by atoms with Crippen LogP contribution in [0.1, 0.15) is 21.7 Å². The number of fused-ring (bicyclic) bond motifs is 1. The summed E-state index contributed by atoms with van der Waals surface area (Å²) in [5.41, 5.74) is 3.31. The highest BCUT2D eigenvalue weighted by atomic mass is 32.2. The Hall–Kier alpha value is -2.42. The molecule has 0 saturated heterocycles. The number of carbonyl (C=O) groups is 1. The van der Waals surface area contributed by atoms with Gasteiger partial charge in [-0.25, -0.2) is 12.4 Å². The number of nitrogens with zero attached hydrogens (tertiary/aromatic N) is 1. The lowest BCUT2D eigenvalue weighted by Gasteiger charge is -2.07. The van der Waals surface area contributed by atoms with Gasteiger partial charge in [-0.3, -0.25) is 4.79 Å². The lowest BCUT2D eigenvalue weighted by molar-refractivity contribution is -0.136. The minimum Gasteiger partial charge on any atom is -0.481 e. The Morgan fingerprint density at radius 2 is 1.93 bits per heavy atom. The molecule has 0 spiro atoms. The van der Waals surface area contributed by atoms with Crippen LogP contribution < -0.4 is 0 Å². The van der Waals surface area contributed by atoms with Gasteiger partial charge < -0.3 is 5.11 Å². The third-order valence-corrected chi connectivity index (χ3v) is 8.43. The molecule has 0 aliphatic rings. The van der Waals surface area contributed by atoms with E-state index in [1.165, 1.54) is 15.3 Å². The van der Waals surface area contributed by atoms with Crippen LogP contribution in [0.15, 0.2) is 52.2 Å². The van der Waals surface area contributed by atoms with Gasteiger partial charge >= 0.3 is 5.97 Å². The van der Waals surface area contributed by atoms with Gasteiger partial charge in [-0.15, -0.1) is 11.3 Å². The predicted octanol–water partition coefficient (Wildman–Crippen LogP) is 5.30. The predicted molar refractivity (Wildman–Crippen MR) is 118 cm³/mol. The maximum atomic E-state index is 13.4. The van der Waals surface area contributed by atoms with Crippen molar-refractivity contribution in [2.24, 2.45) is 0 Å². The Kier molecular flexibility index (Phi) is 5.10. The van der Waals surface area contributed by atoms with Gasteiger partial charge in [0.05, 0.1) is 5.52 Å². The van der Waals surface area contributed by atoms with Gasteiger partial charge in [-0.05, 0) is 72.0 Å². The zero-order valence-electron chi connectivity index (χ0n) is 15.9. The monoisotopic (exact) mass is 445 g/mol. The van der Waals surface area contributed by atoms with Crippen LogP contribution in [0.5, 0.6) is 0 Å². The number of thiophene rings is 2. The fourth-order valence-electron chi connectivity index (χ4n) is 3.48. The van der Waals surface area contributed by atoms with Gasteiger partial charge in [-0.2, -0.15) is 11.3 Å². The van der Waals surface area contributed by atoms with Gasteiger partial charge in [0.25, 0.3) is 10.0 Å². The molecule has 0 amide bonds. The largest absolute Gasteiger partial charge is 0.481 e. The van der Waals surface area contributed by atoms with E-state index in [0.717, 1.165) is 26.3 Å². The Morgan fingerprint density at radius 1 is 1.14 bits per heavy atom. The molecule has 0 atom stereocenters. The summed E-state index contributed by atoms with van der Waals surface area (Å²) in [6.07, 6.45) is 1.79. The zero-order valence-corrected chi connectivity index (χ0v) is 18.3. The summed E-state index contributed by atoms with van der Waals surface area (Å²) in [5.74, 6) is -0.910. The van der Waals surface area contributed by atoms with E-state index in [9.17, 15) is 13.2 Å². The van der Waals surface area contributed by atoms with Crippen molar-refractivity contribution < 1.29 is 18.3 Å². The van der Waals surface area contributed by atoms with Crippen molar-refractivity contribution in [3.63, 3.8) is 0 Å². The van der Waals surface area contributed by atoms with Crippen molar-refractivity contribution in [1.82, 2.24) is 3.97 Å². The first-order valence-corrected chi connectivity index (χ1v) is 12.2. The molecule has 4 aromatic rings. The number of aromatic nitrogens is 1. The molecule has 0 saturated carbocycles. The molecule has 3 aromatic heterocycles. The molecule has 8 heteroatoms. The van der Waals surface area contributed by atoms with Gasteiger partial charge in [0, 0.05) is 27.8 Å². The first-order chi connectivity index (χ1) is 13.8. The second-order valence-electron chi connectivity index (χ2n) is 6.87. The average molecular weight is 446 g/mol. The minimum atomic E-state index is -3.78. The van der Waals surface area contributed by atoms with E-state index in [1.54, 1.807) is 36.6 Å². The molecule has 4 rings (SSSR count). The van der Waals surface area contributed by atoms with E-state index in [0.29, 0.717) is 16.0 Å². The van der Waals surface area contributed by atoms with Crippen LogP contribution in [-0.4, -0.2) is 23.5 Å². The third-order valence-electron chi connectivity index (χ3n) is 4.85. The summed E-state index contributed by atoms with van der Waals surface area (Å²) >= 11 is 3.04. The fourth-order valence-corrected chi connectivity index (χ4v) is 7.07. The zero-order chi connectivity index (χ0) is 20.8. The van der Waals surface area contributed by atoms with E-state index in [4.69, 9.17) is 5.11 Å². The molecule has 0 unspecified atom stereocenters. The average Bonchev–Trinajstić information content (AvgIpc) is 3.38. The lowest BCUT2D eigenvalue weighted by atomic mass is 10.0. The number of rotatable bonds is 6. The van der Waals surface area contributed by atoms with Crippen molar-refractivity contribution in [1.29, 1.82) is 0 Å². The van der Waals surface area contributed by atoms with Crippen LogP contribution in [0.25, 0.3) is 22.0 Å². The number of carboxylic acid groups (broad SMARTS) is 1. The van der Waals surface area contributed by atoms with Gasteiger partial charge in [0.1, 0.15) is 4.90 Å². The molecule has 0 fully saturated rings. The molecule has 0 aliphatic carbocycles. The van der Waals surface area contributed by atoms with Crippen LogP contribution in [0.3, 0.4) is 0 Å². The molecular formula is C21H19NO4S3. The standard InChI is InChI=1S/C21H19NO4S3/c1-13-9-20(14(2)28-13)29(25,26)22-11-16(4-6-21(23)24)18-10-15(3-5-19(18)22)17-7-8-27-12-17/h3,5,7-12H,4,6H2,1-2H3,(H,23,24). The highest BCUT2D eigenvalue weighted by molar-refractivity contribution is 7.90. The van der Waals surface area contributed by atoms with E-state index >= 15 is 0 Å². The second-order valence-corrected chi connectivity index (χ2v) is 10.9. The topological polar surface area (TPSA) is 76.4 Å². The summed E-state index contributed by atoms with van der Waals surface area (Å²) in [6, 6.07) is 9.36. The maximum absolute atomic E-state index is 13.4. The van der Waals surface area contributed by atoms with E-state index in [2.05, 4.69) is 0 Å². The van der Waals surface area contributed by atoms with Crippen molar-refractivity contribution in [2.75, 3.05) is 0 Å². The van der Waals surface area contributed by atoms with Crippen LogP contribution in [-0.2, 0) is 21.2 Å². The number of aliphatic carboxylic acids is 1. The molecule has 29 heavy (non-hydrogen) atoms. The van der Waals surface area contributed by atoms with E-state index < -0.39 is 16.0 Å². The summed E-state index contributed by atoms with van der Waals surface area (Å²) in [5, 5.41) is 13.9. The van der Waals surface area contributed by atoms with Crippen LogP contribution in [0, 0.1) is 13.8 Å². The summed E-state index contributed by atoms with van der Waals surface area (Å²) < 4.78 is 28.1. The second kappa shape index (κ2) is 7.44. The van der Waals surface area contributed by atoms with Crippen molar-refractivity contribution in [2.45, 2.75) is 31.6 Å². The number of hydrogen-bond donors (Lipinski definition) is 1. The van der Waals surface area contributed by atoms with Gasteiger partial charge in [0.2, 0.25) is 0 Å². The molecule has 1 aromatic carbocycles. The third kappa shape index (κ3) is 3.63. The molecule has 0 bridgehead atoms. The molecule has 150 valence electrons. The maximum Gasteiger partial charge on any atom is 0.303 e. The summed E-state index contributed by atoms with van der Waals surface area (Å²) in [6.45, 7) is 3.69. The van der Waals surface area contributed by atoms with Crippen molar-refractivity contribution >= 4 is 49.6 Å².